The lowest BCUT2D eigenvalue weighted by Gasteiger charge is -2.36. The SMILES string of the molecule is CC(C)(C)OC(=O)N1CCN(c2ccc3ncc(-c4cnn(CCCCCCN)c4)nc3c2)CC1. The summed E-state index contributed by atoms with van der Waals surface area (Å²) in [5.41, 5.74) is 9.66. The summed E-state index contributed by atoms with van der Waals surface area (Å²) < 4.78 is 7.49. The Hall–Kier alpha value is -3.20. The van der Waals surface area contributed by atoms with Gasteiger partial charge in [0.05, 0.1) is 29.1 Å². The number of anilines is 1. The molecule has 9 heteroatoms. The molecule has 0 atom stereocenters. The van der Waals surface area contributed by atoms with Crippen molar-refractivity contribution in [2.45, 2.75) is 58.6 Å². The molecular formula is C26H37N7O2. The second-order valence-electron chi connectivity index (χ2n) is 10.1. The summed E-state index contributed by atoms with van der Waals surface area (Å²) in [6.45, 7) is 10.1. The summed E-state index contributed by atoms with van der Waals surface area (Å²) >= 11 is 0. The van der Waals surface area contributed by atoms with Crippen molar-refractivity contribution in [3.63, 3.8) is 0 Å². The van der Waals surface area contributed by atoms with E-state index in [4.69, 9.17) is 15.5 Å². The van der Waals surface area contributed by atoms with Crippen LogP contribution < -0.4 is 10.6 Å². The molecule has 0 aliphatic carbocycles. The largest absolute Gasteiger partial charge is 0.444 e. The Bertz CT molecular complexity index is 1130. The van der Waals surface area contributed by atoms with E-state index in [2.05, 4.69) is 27.1 Å². The average molecular weight is 480 g/mol. The highest BCUT2D eigenvalue weighted by Gasteiger charge is 2.26. The fourth-order valence-corrected chi connectivity index (χ4v) is 4.20. The van der Waals surface area contributed by atoms with Gasteiger partial charge in [0.1, 0.15) is 5.60 Å². The molecule has 3 aromatic rings. The van der Waals surface area contributed by atoms with Crippen molar-refractivity contribution < 1.29 is 9.53 Å². The summed E-state index contributed by atoms with van der Waals surface area (Å²) in [5, 5.41) is 4.50. The molecule has 9 nitrogen and oxygen atoms in total. The lowest BCUT2D eigenvalue weighted by molar-refractivity contribution is 0.0240. The fourth-order valence-electron chi connectivity index (χ4n) is 4.20. The number of aryl methyl sites for hydroxylation is 1. The zero-order valence-electron chi connectivity index (χ0n) is 21.1. The number of benzene rings is 1. The molecule has 0 spiro atoms. The molecule has 1 aliphatic heterocycles. The predicted octanol–water partition coefficient (Wildman–Crippen LogP) is 4.07. The fraction of sp³-hybridized carbons (Fsp3) is 0.538. The van der Waals surface area contributed by atoms with Crippen LogP contribution in [0.3, 0.4) is 0 Å². The number of hydrogen-bond acceptors (Lipinski definition) is 7. The normalized spacial score (nSPS) is 14.5. The first-order valence-electron chi connectivity index (χ1n) is 12.5. The number of nitrogens with zero attached hydrogens (tertiary/aromatic N) is 6. The molecule has 3 heterocycles. The molecule has 188 valence electrons. The van der Waals surface area contributed by atoms with Gasteiger partial charge in [0, 0.05) is 50.2 Å². The van der Waals surface area contributed by atoms with Crippen molar-refractivity contribution in [3.8, 4) is 11.3 Å². The number of hydrogen-bond donors (Lipinski definition) is 1. The Morgan fingerprint density at radius 3 is 2.54 bits per heavy atom. The first kappa shape index (κ1) is 24.9. The Kier molecular flexibility index (Phi) is 7.85. The molecule has 0 radical (unpaired) electrons. The summed E-state index contributed by atoms with van der Waals surface area (Å²) in [7, 11) is 0. The van der Waals surface area contributed by atoms with Gasteiger partial charge in [-0.2, -0.15) is 5.10 Å². The molecule has 1 aliphatic rings. The lowest BCUT2D eigenvalue weighted by Crippen LogP contribution is -2.50. The highest BCUT2D eigenvalue weighted by Crippen LogP contribution is 2.24. The highest BCUT2D eigenvalue weighted by atomic mass is 16.6. The molecule has 0 unspecified atom stereocenters. The van der Waals surface area contributed by atoms with Crippen molar-refractivity contribution in [2.24, 2.45) is 5.73 Å². The van der Waals surface area contributed by atoms with Crippen LogP contribution in [0, 0.1) is 0 Å². The first-order chi connectivity index (χ1) is 16.8. The van der Waals surface area contributed by atoms with Gasteiger partial charge in [-0.25, -0.2) is 9.78 Å². The van der Waals surface area contributed by atoms with Crippen molar-refractivity contribution in [3.05, 3.63) is 36.8 Å². The third-order valence-corrected chi connectivity index (χ3v) is 6.09. The maximum Gasteiger partial charge on any atom is 0.410 e. The molecule has 2 N–H and O–H groups in total. The molecule has 0 bridgehead atoms. The minimum absolute atomic E-state index is 0.248. The monoisotopic (exact) mass is 479 g/mol. The molecule has 0 saturated carbocycles. The van der Waals surface area contributed by atoms with Crippen molar-refractivity contribution in [1.29, 1.82) is 0 Å². The molecule has 35 heavy (non-hydrogen) atoms. The number of carbonyl (C=O) groups is 1. The van der Waals surface area contributed by atoms with Gasteiger partial charge in [0.2, 0.25) is 0 Å². The number of unbranched alkanes of at least 4 members (excludes halogenated alkanes) is 3. The maximum atomic E-state index is 12.4. The number of aromatic nitrogens is 4. The summed E-state index contributed by atoms with van der Waals surface area (Å²) in [4.78, 5) is 25.9. The smallest absolute Gasteiger partial charge is 0.410 e. The third-order valence-electron chi connectivity index (χ3n) is 6.09. The third kappa shape index (κ3) is 6.69. The quantitative estimate of drug-likeness (QED) is 0.486. The molecule has 1 saturated heterocycles. The summed E-state index contributed by atoms with van der Waals surface area (Å²) in [5.74, 6) is 0. The summed E-state index contributed by atoms with van der Waals surface area (Å²) in [6.07, 6.45) is 9.96. The minimum atomic E-state index is -0.482. The van der Waals surface area contributed by atoms with E-state index in [0.29, 0.717) is 13.1 Å². The van der Waals surface area contributed by atoms with E-state index in [0.717, 1.165) is 73.4 Å². The van der Waals surface area contributed by atoms with Crippen molar-refractivity contribution in [2.75, 3.05) is 37.6 Å². The van der Waals surface area contributed by atoms with Gasteiger partial charge < -0.3 is 20.3 Å². The topological polar surface area (TPSA) is 102 Å². The molecule has 1 amide bonds. The maximum absolute atomic E-state index is 12.4. The molecule has 2 aromatic heterocycles. The number of piperazine rings is 1. The molecule has 1 aromatic carbocycles. The number of amides is 1. The Morgan fingerprint density at radius 1 is 1.03 bits per heavy atom. The van der Waals surface area contributed by atoms with E-state index in [-0.39, 0.29) is 6.09 Å². The first-order valence-corrected chi connectivity index (χ1v) is 12.5. The van der Waals surface area contributed by atoms with Gasteiger partial charge in [-0.3, -0.25) is 9.67 Å². The van der Waals surface area contributed by atoms with Crippen LogP contribution >= 0.6 is 0 Å². The predicted molar refractivity (Wildman–Crippen MR) is 138 cm³/mol. The van der Waals surface area contributed by atoms with Crippen LogP contribution in [0.4, 0.5) is 10.5 Å². The van der Waals surface area contributed by atoms with Crippen LogP contribution in [0.25, 0.3) is 22.3 Å². The van der Waals surface area contributed by atoms with E-state index in [1.807, 2.05) is 50.1 Å². The van der Waals surface area contributed by atoms with Crippen LogP contribution in [0.15, 0.2) is 36.8 Å². The second kappa shape index (κ2) is 11.0. The van der Waals surface area contributed by atoms with Gasteiger partial charge in [-0.15, -0.1) is 0 Å². The minimum Gasteiger partial charge on any atom is -0.444 e. The molecule has 1 fully saturated rings. The number of fused-ring (bicyclic) bond motifs is 1. The standard InChI is InChI=1S/C26H37N7O2/c1-26(2,3)35-25(34)32-14-12-31(13-15-32)21-8-9-22-23(16-21)30-24(18-28-22)20-17-29-33(19-20)11-7-5-4-6-10-27/h8-9,16-19H,4-7,10-15,27H2,1-3H3. The van der Waals surface area contributed by atoms with Gasteiger partial charge >= 0.3 is 6.09 Å². The second-order valence-corrected chi connectivity index (χ2v) is 10.1. The van der Waals surface area contributed by atoms with Crippen LogP contribution in [-0.4, -0.2) is 69.1 Å². The lowest BCUT2D eigenvalue weighted by atomic mass is 10.2. The van der Waals surface area contributed by atoms with Gasteiger partial charge in [0.25, 0.3) is 0 Å². The zero-order chi connectivity index (χ0) is 24.8. The Morgan fingerprint density at radius 2 is 1.80 bits per heavy atom. The number of carbonyl (C=O) groups excluding carboxylic acids is 1. The van der Waals surface area contributed by atoms with Crippen molar-refractivity contribution >= 4 is 22.8 Å². The molecule has 4 rings (SSSR count). The number of nitrogens with two attached hydrogens (primary N) is 1. The van der Waals surface area contributed by atoms with Crippen LogP contribution in [-0.2, 0) is 11.3 Å². The van der Waals surface area contributed by atoms with Crippen LogP contribution in [0.2, 0.25) is 0 Å². The molecular weight excluding hydrogens is 442 g/mol. The van der Waals surface area contributed by atoms with E-state index >= 15 is 0 Å². The van der Waals surface area contributed by atoms with Crippen LogP contribution in [0.5, 0.6) is 0 Å². The van der Waals surface area contributed by atoms with E-state index < -0.39 is 5.60 Å². The van der Waals surface area contributed by atoms with Gasteiger partial charge in [-0.1, -0.05) is 12.8 Å². The van der Waals surface area contributed by atoms with E-state index in [1.54, 1.807) is 4.90 Å². The summed E-state index contributed by atoms with van der Waals surface area (Å²) in [6, 6.07) is 6.16. The number of rotatable bonds is 8. The Balaban J connectivity index is 1.40. The van der Waals surface area contributed by atoms with Crippen molar-refractivity contribution in [1.82, 2.24) is 24.6 Å². The van der Waals surface area contributed by atoms with Crippen LogP contribution in [0.1, 0.15) is 46.5 Å². The van der Waals surface area contributed by atoms with Gasteiger partial charge in [-0.05, 0) is 58.4 Å². The van der Waals surface area contributed by atoms with Gasteiger partial charge in [0.15, 0.2) is 0 Å². The van der Waals surface area contributed by atoms with E-state index in [9.17, 15) is 4.79 Å². The number of ether oxygens (including phenoxy) is 1. The zero-order valence-corrected chi connectivity index (χ0v) is 21.1. The Labute approximate surface area is 207 Å². The van der Waals surface area contributed by atoms with E-state index in [1.165, 1.54) is 6.42 Å². The highest BCUT2D eigenvalue weighted by molar-refractivity contribution is 5.81. The average Bonchev–Trinajstić information content (AvgIpc) is 3.31.